The molecule has 2 aromatic heterocycles. The van der Waals surface area contributed by atoms with Gasteiger partial charge in [-0.15, -0.1) is 0 Å². The van der Waals surface area contributed by atoms with Crippen LogP contribution < -0.4 is 10.3 Å². The lowest BCUT2D eigenvalue weighted by atomic mass is 9.91. The molecule has 0 radical (unpaired) electrons. The van der Waals surface area contributed by atoms with Gasteiger partial charge in [-0.25, -0.2) is 4.98 Å². The van der Waals surface area contributed by atoms with Crippen LogP contribution in [-0.4, -0.2) is 29.1 Å². The minimum atomic E-state index is -0.404. The van der Waals surface area contributed by atoms with E-state index in [1.807, 2.05) is 61.5 Å². The first-order valence-electron chi connectivity index (χ1n) is 11.5. The van der Waals surface area contributed by atoms with Gasteiger partial charge in [0.05, 0.1) is 23.3 Å². The van der Waals surface area contributed by atoms with Crippen molar-refractivity contribution in [1.29, 1.82) is 0 Å². The Morgan fingerprint density at radius 3 is 2.24 bits per heavy atom. The average molecular weight is 509 g/mol. The molecule has 0 aliphatic rings. The van der Waals surface area contributed by atoms with Crippen LogP contribution >= 0.6 is 11.6 Å². The second-order valence-electron chi connectivity index (χ2n) is 8.50. The highest BCUT2D eigenvalue weighted by molar-refractivity contribution is 6.36. The molecule has 0 spiro atoms. The smallest absolute Gasteiger partial charge is 0.268 e. The molecule has 0 saturated heterocycles. The number of aromatic nitrogens is 2. The predicted molar refractivity (Wildman–Crippen MR) is 145 cm³/mol. The summed E-state index contributed by atoms with van der Waals surface area (Å²) in [5.74, 6) is 0.483. The number of methoxy groups -OCH3 is 1. The van der Waals surface area contributed by atoms with Crippen LogP contribution in [0, 0.1) is 6.92 Å². The lowest BCUT2D eigenvalue weighted by Crippen LogP contribution is -2.18. The van der Waals surface area contributed by atoms with Crippen molar-refractivity contribution in [3.63, 3.8) is 0 Å². The minimum absolute atomic E-state index is 0.0105. The van der Waals surface area contributed by atoms with Gasteiger partial charge in [0.25, 0.3) is 5.56 Å². The van der Waals surface area contributed by atoms with Crippen LogP contribution in [0.2, 0.25) is 5.02 Å². The van der Waals surface area contributed by atoms with Crippen LogP contribution in [0.4, 0.5) is 0 Å². The van der Waals surface area contributed by atoms with Crippen molar-refractivity contribution in [2.75, 3.05) is 7.11 Å². The van der Waals surface area contributed by atoms with E-state index in [0.29, 0.717) is 28.3 Å². The summed E-state index contributed by atoms with van der Waals surface area (Å²) in [7, 11) is 1.53. The number of ether oxygens (including phenoxy) is 1. The zero-order valence-electron chi connectivity index (χ0n) is 20.1. The van der Waals surface area contributed by atoms with Crippen LogP contribution in [0.3, 0.4) is 0 Å². The Morgan fingerprint density at radius 2 is 1.51 bits per heavy atom. The summed E-state index contributed by atoms with van der Waals surface area (Å²) in [5, 5.41) is 0.580. The number of hydrogen-bond donors (Lipinski definition) is 0. The third-order valence-electron chi connectivity index (χ3n) is 6.47. The van der Waals surface area contributed by atoms with Gasteiger partial charge >= 0.3 is 0 Å². The van der Waals surface area contributed by atoms with Crippen molar-refractivity contribution in [2.45, 2.75) is 6.92 Å². The lowest BCUT2D eigenvalue weighted by molar-refractivity contribution is 0.111. The molecule has 5 rings (SSSR count). The molecule has 7 heteroatoms. The zero-order chi connectivity index (χ0) is 26.1. The number of nitrogens with zero attached hydrogens (tertiary/aromatic N) is 2. The van der Waals surface area contributed by atoms with Crippen molar-refractivity contribution in [3.05, 3.63) is 111 Å². The van der Waals surface area contributed by atoms with Crippen LogP contribution in [0.25, 0.3) is 39.0 Å². The number of aldehydes is 2. The van der Waals surface area contributed by atoms with Gasteiger partial charge in [-0.2, -0.15) is 0 Å². The Balaban J connectivity index is 1.62. The molecule has 0 atom stereocenters. The summed E-state index contributed by atoms with van der Waals surface area (Å²) in [4.78, 5) is 39.1. The first kappa shape index (κ1) is 24.2. The van der Waals surface area contributed by atoms with Gasteiger partial charge in [0.15, 0.2) is 12.6 Å². The van der Waals surface area contributed by atoms with Crippen molar-refractivity contribution in [3.8, 4) is 39.1 Å². The Labute approximate surface area is 217 Å². The van der Waals surface area contributed by atoms with Crippen LogP contribution in [-0.2, 0) is 0 Å². The molecular weight excluding hydrogens is 488 g/mol. The van der Waals surface area contributed by atoms with Crippen LogP contribution in [0.5, 0.6) is 5.75 Å². The number of fused-ring (bicyclic) bond motifs is 1. The Hall–Kier alpha value is -4.55. The maximum absolute atomic E-state index is 12.4. The molecule has 182 valence electrons. The van der Waals surface area contributed by atoms with Gasteiger partial charge in [0, 0.05) is 23.5 Å². The molecule has 2 heterocycles. The summed E-state index contributed by atoms with van der Waals surface area (Å²) >= 11 is 6.95. The maximum atomic E-state index is 12.4. The van der Waals surface area contributed by atoms with E-state index in [1.165, 1.54) is 17.7 Å². The molecule has 3 aromatic carbocycles. The summed E-state index contributed by atoms with van der Waals surface area (Å²) in [5.41, 5.74) is 6.86. The SMILES string of the molecule is COc1cc(-c2cccc(-c3cccc(-c4ccn5c(=O)c(C=O)cnc5c4)c3C)c2Cl)ccc1C=O. The van der Waals surface area contributed by atoms with Crippen molar-refractivity contribution < 1.29 is 14.3 Å². The first-order chi connectivity index (χ1) is 18.0. The number of rotatable bonds is 6. The third-order valence-corrected chi connectivity index (χ3v) is 6.88. The van der Waals surface area contributed by atoms with Crippen molar-refractivity contribution in [1.82, 2.24) is 9.38 Å². The second-order valence-corrected chi connectivity index (χ2v) is 8.88. The number of halogens is 1. The van der Waals surface area contributed by atoms with Gasteiger partial charge in [-0.05, 0) is 59.0 Å². The van der Waals surface area contributed by atoms with Crippen LogP contribution in [0.1, 0.15) is 26.3 Å². The standard InChI is InChI=1S/C30H21ClN2O4/c1-18-23(20-11-12-33-28(14-20)32-15-22(17-35)30(33)36)5-3-6-24(18)26-8-4-7-25(29(26)31)19-9-10-21(16-34)27(13-19)37-2/h3-17H,1-2H3. The Kier molecular flexibility index (Phi) is 6.42. The molecule has 0 bridgehead atoms. The highest BCUT2D eigenvalue weighted by Gasteiger charge is 2.16. The highest BCUT2D eigenvalue weighted by Crippen LogP contribution is 2.40. The van der Waals surface area contributed by atoms with E-state index >= 15 is 0 Å². The van der Waals surface area contributed by atoms with Gasteiger partial charge in [-0.1, -0.05) is 54.1 Å². The van der Waals surface area contributed by atoms with E-state index in [-0.39, 0.29) is 5.56 Å². The molecule has 0 amide bonds. The van der Waals surface area contributed by atoms with E-state index in [2.05, 4.69) is 4.98 Å². The monoisotopic (exact) mass is 508 g/mol. The second kappa shape index (κ2) is 9.84. The van der Waals surface area contributed by atoms with Gasteiger partial charge in [-0.3, -0.25) is 18.8 Å². The maximum Gasteiger partial charge on any atom is 0.268 e. The summed E-state index contributed by atoms with van der Waals surface area (Å²) < 4.78 is 6.73. The molecule has 0 saturated carbocycles. The molecule has 0 aliphatic heterocycles. The third kappa shape index (κ3) is 4.21. The molecule has 0 N–H and O–H groups in total. The van der Waals surface area contributed by atoms with E-state index in [9.17, 15) is 14.4 Å². The van der Waals surface area contributed by atoms with Crippen LogP contribution in [0.15, 0.2) is 83.9 Å². The van der Waals surface area contributed by atoms with Gasteiger partial charge in [0.1, 0.15) is 11.4 Å². The molecule has 0 unspecified atom stereocenters. The van der Waals surface area contributed by atoms with E-state index in [0.717, 1.165) is 45.2 Å². The van der Waals surface area contributed by atoms with E-state index in [4.69, 9.17) is 16.3 Å². The lowest BCUT2D eigenvalue weighted by Gasteiger charge is -2.16. The molecule has 0 aliphatic carbocycles. The molecular formula is C30H21ClN2O4. The fourth-order valence-corrected chi connectivity index (χ4v) is 4.85. The molecule has 6 nitrogen and oxygen atoms in total. The number of benzene rings is 3. The Bertz CT molecular complexity index is 1760. The number of pyridine rings is 1. The largest absolute Gasteiger partial charge is 0.496 e. The number of carbonyl (C=O) groups is 2. The van der Waals surface area contributed by atoms with E-state index in [1.54, 1.807) is 18.3 Å². The number of hydrogen-bond acceptors (Lipinski definition) is 5. The quantitative estimate of drug-likeness (QED) is 0.252. The summed E-state index contributed by atoms with van der Waals surface area (Å²) in [6.45, 7) is 2.02. The Morgan fingerprint density at radius 1 is 0.838 bits per heavy atom. The molecule has 37 heavy (non-hydrogen) atoms. The van der Waals surface area contributed by atoms with E-state index < -0.39 is 5.56 Å². The normalized spacial score (nSPS) is 10.9. The highest BCUT2D eigenvalue weighted by atomic mass is 35.5. The topological polar surface area (TPSA) is 77.7 Å². The fraction of sp³-hybridized carbons (Fsp3) is 0.0667. The first-order valence-corrected chi connectivity index (χ1v) is 11.8. The average Bonchev–Trinajstić information content (AvgIpc) is 2.93. The van der Waals surface area contributed by atoms with Gasteiger partial charge in [0.2, 0.25) is 0 Å². The zero-order valence-corrected chi connectivity index (χ0v) is 20.8. The fourth-order valence-electron chi connectivity index (χ4n) is 4.52. The van der Waals surface area contributed by atoms with Crippen molar-refractivity contribution in [2.24, 2.45) is 0 Å². The molecule has 5 aromatic rings. The predicted octanol–water partition coefficient (Wildman–Crippen LogP) is 6.29. The van der Waals surface area contributed by atoms with Gasteiger partial charge < -0.3 is 4.74 Å². The minimum Gasteiger partial charge on any atom is -0.496 e. The van der Waals surface area contributed by atoms with Crippen molar-refractivity contribution >= 4 is 29.8 Å². The molecule has 0 fully saturated rings. The summed E-state index contributed by atoms with van der Waals surface area (Å²) in [6.07, 6.45) is 4.19. The number of carbonyl (C=O) groups excluding carboxylic acids is 2. The summed E-state index contributed by atoms with van der Waals surface area (Å²) in [6, 6.07) is 20.8.